The van der Waals surface area contributed by atoms with Crippen molar-refractivity contribution in [2.24, 2.45) is 5.73 Å². The molecule has 0 unspecified atom stereocenters. The van der Waals surface area contributed by atoms with E-state index < -0.39 is 0 Å². The fraction of sp³-hybridized carbons (Fsp3) is 0.200. The lowest BCUT2D eigenvalue weighted by atomic mass is 10.1. The summed E-state index contributed by atoms with van der Waals surface area (Å²) in [5, 5.41) is 3.29. The second-order valence-corrected chi connectivity index (χ2v) is 5.03. The minimum Gasteiger partial charge on any atom is -0.389 e. The van der Waals surface area contributed by atoms with Crippen LogP contribution < -0.4 is 11.1 Å². The standard InChI is InChI=1S/C15H17N3S/c1-10-3-5-12(6-4-10)9-17-14-8-13(15(16)19)7-11(2)18-14/h3-8H,9H2,1-2H3,(H2,16,19)(H,17,18). The largest absolute Gasteiger partial charge is 0.389 e. The third-order valence-electron chi connectivity index (χ3n) is 2.83. The van der Waals surface area contributed by atoms with Crippen LogP contribution in [0.2, 0.25) is 0 Å². The predicted octanol–water partition coefficient (Wildman–Crippen LogP) is 2.94. The maximum absolute atomic E-state index is 5.65. The van der Waals surface area contributed by atoms with Crippen LogP contribution in [0.3, 0.4) is 0 Å². The molecule has 0 saturated carbocycles. The first kappa shape index (κ1) is 13.5. The second-order valence-electron chi connectivity index (χ2n) is 4.59. The highest BCUT2D eigenvalue weighted by Gasteiger charge is 2.02. The highest BCUT2D eigenvalue weighted by molar-refractivity contribution is 7.80. The van der Waals surface area contributed by atoms with E-state index in [4.69, 9.17) is 18.0 Å². The third-order valence-corrected chi connectivity index (χ3v) is 3.07. The molecule has 2 rings (SSSR count). The Kier molecular flexibility index (Phi) is 4.12. The molecule has 98 valence electrons. The number of nitrogens with zero attached hydrogens (tertiary/aromatic N) is 1. The van der Waals surface area contributed by atoms with Crippen molar-refractivity contribution in [2.45, 2.75) is 20.4 Å². The average molecular weight is 271 g/mol. The van der Waals surface area contributed by atoms with Gasteiger partial charge in [0.1, 0.15) is 10.8 Å². The van der Waals surface area contributed by atoms with Crippen LogP contribution >= 0.6 is 12.2 Å². The Morgan fingerprint density at radius 1 is 1.21 bits per heavy atom. The summed E-state index contributed by atoms with van der Waals surface area (Å²) in [6.07, 6.45) is 0. The zero-order valence-electron chi connectivity index (χ0n) is 11.1. The maximum Gasteiger partial charge on any atom is 0.127 e. The molecule has 3 N–H and O–H groups in total. The smallest absolute Gasteiger partial charge is 0.127 e. The van der Waals surface area contributed by atoms with Gasteiger partial charge in [-0.25, -0.2) is 4.98 Å². The van der Waals surface area contributed by atoms with Crippen LogP contribution in [0.25, 0.3) is 0 Å². The Hall–Kier alpha value is -1.94. The van der Waals surface area contributed by atoms with Crippen molar-refractivity contribution in [1.82, 2.24) is 4.98 Å². The molecule has 1 heterocycles. The minimum atomic E-state index is 0.392. The van der Waals surface area contributed by atoms with Crippen molar-refractivity contribution in [3.8, 4) is 0 Å². The van der Waals surface area contributed by atoms with Crippen molar-refractivity contribution in [2.75, 3.05) is 5.32 Å². The lowest BCUT2D eigenvalue weighted by molar-refractivity contribution is 1.09. The quantitative estimate of drug-likeness (QED) is 0.839. The van der Waals surface area contributed by atoms with Gasteiger partial charge in [0, 0.05) is 17.8 Å². The Morgan fingerprint density at radius 2 is 1.89 bits per heavy atom. The van der Waals surface area contributed by atoms with Gasteiger partial charge in [0.15, 0.2) is 0 Å². The average Bonchev–Trinajstić information content (AvgIpc) is 2.37. The zero-order chi connectivity index (χ0) is 13.8. The molecule has 3 nitrogen and oxygen atoms in total. The number of aromatic nitrogens is 1. The fourth-order valence-electron chi connectivity index (χ4n) is 1.80. The summed E-state index contributed by atoms with van der Waals surface area (Å²) >= 11 is 5.00. The van der Waals surface area contributed by atoms with Gasteiger partial charge in [0.25, 0.3) is 0 Å². The fourth-order valence-corrected chi connectivity index (χ4v) is 1.92. The van der Waals surface area contributed by atoms with Crippen molar-refractivity contribution in [1.29, 1.82) is 0 Å². The lowest BCUT2D eigenvalue weighted by Crippen LogP contribution is -2.11. The van der Waals surface area contributed by atoms with E-state index >= 15 is 0 Å². The SMILES string of the molecule is Cc1ccc(CNc2cc(C(N)=S)cc(C)n2)cc1. The number of hydrogen-bond acceptors (Lipinski definition) is 3. The van der Waals surface area contributed by atoms with Crippen LogP contribution in [-0.2, 0) is 6.54 Å². The molecule has 0 spiro atoms. The maximum atomic E-state index is 5.65. The highest BCUT2D eigenvalue weighted by atomic mass is 32.1. The van der Waals surface area contributed by atoms with Crippen LogP contribution in [0.5, 0.6) is 0 Å². The van der Waals surface area contributed by atoms with E-state index in [1.54, 1.807) is 0 Å². The van der Waals surface area contributed by atoms with Crippen molar-refractivity contribution < 1.29 is 0 Å². The summed E-state index contributed by atoms with van der Waals surface area (Å²) in [5.41, 5.74) is 9.86. The van der Waals surface area contributed by atoms with Gasteiger partial charge in [-0.15, -0.1) is 0 Å². The summed E-state index contributed by atoms with van der Waals surface area (Å²) in [4.78, 5) is 4.82. The number of hydrogen-bond donors (Lipinski definition) is 2. The molecule has 0 aliphatic heterocycles. The van der Waals surface area contributed by atoms with Gasteiger partial charge in [-0.1, -0.05) is 42.0 Å². The number of aryl methyl sites for hydroxylation is 2. The molecular weight excluding hydrogens is 254 g/mol. The van der Waals surface area contributed by atoms with E-state index in [0.717, 1.165) is 23.6 Å². The van der Waals surface area contributed by atoms with E-state index in [1.165, 1.54) is 11.1 Å². The number of nitrogens with two attached hydrogens (primary N) is 1. The molecule has 0 amide bonds. The molecule has 0 saturated heterocycles. The monoisotopic (exact) mass is 271 g/mol. The Balaban J connectivity index is 2.11. The highest BCUT2D eigenvalue weighted by Crippen LogP contribution is 2.12. The number of nitrogens with one attached hydrogen (secondary N) is 1. The van der Waals surface area contributed by atoms with Crippen molar-refractivity contribution in [3.05, 3.63) is 58.8 Å². The number of anilines is 1. The molecule has 0 bridgehead atoms. The minimum absolute atomic E-state index is 0.392. The first-order valence-corrected chi connectivity index (χ1v) is 6.53. The first-order valence-electron chi connectivity index (χ1n) is 6.12. The third kappa shape index (κ3) is 3.76. The van der Waals surface area contributed by atoms with Gasteiger partial charge in [0.2, 0.25) is 0 Å². The van der Waals surface area contributed by atoms with Crippen LogP contribution in [0.1, 0.15) is 22.4 Å². The molecule has 0 aliphatic carbocycles. The predicted molar refractivity (Wildman–Crippen MR) is 83.4 cm³/mol. The Morgan fingerprint density at radius 3 is 2.53 bits per heavy atom. The molecule has 0 fully saturated rings. The Bertz CT molecular complexity index is 591. The lowest BCUT2D eigenvalue weighted by Gasteiger charge is -2.09. The molecule has 1 aromatic carbocycles. The topological polar surface area (TPSA) is 50.9 Å². The van der Waals surface area contributed by atoms with Gasteiger partial charge >= 0.3 is 0 Å². The summed E-state index contributed by atoms with van der Waals surface area (Å²) in [5.74, 6) is 0.795. The first-order chi connectivity index (χ1) is 9.04. The summed E-state index contributed by atoms with van der Waals surface area (Å²) in [7, 11) is 0. The van der Waals surface area contributed by atoms with Crippen LogP contribution in [-0.4, -0.2) is 9.97 Å². The molecule has 0 radical (unpaired) electrons. The van der Waals surface area contributed by atoms with Gasteiger partial charge in [-0.2, -0.15) is 0 Å². The van der Waals surface area contributed by atoms with Crippen molar-refractivity contribution in [3.63, 3.8) is 0 Å². The van der Waals surface area contributed by atoms with E-state index in [0.29, 0.717) is 4.99 Å². The molecule has 0 aliphatic rings. The van der Waals surface area contributed by atoms with Crippen LogP contribution in [0, 0.1) is 13.8 Å². The summed E-state index contributed by atoms with van der Waals surface area (Å²) in [6.45, 7) is 4.74. The number of rotatable bonds is 4. The number of pyridine rings is 1. The van der Waals surface area contributed by atoms with Gasteiger partial charge in [-0.05, 0) is 31.5 Å². The number of benzene rings is 1. The number of thiocarbonyl (C=S) groups is 1. The molecule has 2 aromatic rings. The molecule has 1 aromatic heterocycles. The normalized spacial score (nSPS) is 10.2. The van der Waals surface area contributed by atoms with Gasteiger partial charge in [0.05, 0.1) is 0 Å². The van der Waals surface area contributed by atoms with Gasteiger partial charge < -0.3 is 11.1 Å². The van der Waals surface area contributed by atoms with Crippen LogP contribution in [0.15, 0.2) is 36.4 Å². The van der Waals surface area contributed by atoms with E-state index in [2.05, 4.69) is 41.5 Å². The summed E-state index contributed by atoms with van der Waals surface area (Å²) in [6, 6.07) is 12.2. The van der Waals surface area contributed by atoms with Gasteiger partial charge in [-0.3, -0.25) is 0 Å². The van der Waals surface area contributed by atoms with E-state index in [-0.39, 0.29) is 0 Å². The van der Waals surface area contributed by atoms with E-state index in [1.807, 2.05) is 19.1 Å². The molecule has 0 atom stereocenters. The van der Waals surface area contributed by atoms with E-state index in [9.17, 15) is 0 Å². The van der Waals surface area contributed by atoms with Crippen molar-refractivity contribution >= 4 is 23.0 Å². The molecule has 19 heavy (non-hydrogen) atoms. The van der Waals surface area contributed by atoms with Crippen LogP contribution in [0.4, 0.5) is 5.82 Å². The second kappa shape index (κ2) is 5.80. The summed E-state index contributed by atoms with van der Waals surface area (Å²) < 4.78 is 0. The molecule has 4 heteroatoms. The Labute approximate surface area is 118 Å². The zero-order valence-corrected chi connectivity index (χ0v) is 11.9. The molecular formula is C15H17N3S.